The lowest BCUT2D eigenvalue weighted by atomic mass is 10.0. The summed E-state index contributed by atoms with van der Waals surface area (Å²) in [6.07, 6.45) is 3.69. The predicted octanol–water partition coefficient (Wildman–Crippen LogP) is 0.734. The first kappa shape index (κ1) is 17.0. The first-order valence-electron chi connectivity index (χ1n) is 7.41. The monoisotopic (exact) mass is 329 g/mol. The van der Waals surface area contributed by atoms with Crippen LogP contribution in [0.5, 0.6) is 0 Å². The van der Waals surface area contributed by atoms with Gasteiger partial charge in [0.25, 0.3) is 0 Å². The quantitative estimate of drug-likeness (QED) is 0.803. The molecular weight excluding hydrogens is 306 g/mol. The molecule has 1 aromatic rings. The molecule has 1 unspecified atom stereocenters. The van der Waals surface area contributed by atoms with E-state index < -0.39 is 16.0 Å². The van der Waals surface area contributed by atoms with E-state index in [1.807, 2.05) is 0 Å². The maximum atomic E-state index is 12.2. The number of sulfonamides is 1. The number of carboxylic acids is 1. The zero-order chi connectivity index (χ0) is 16.3. The Hall–Kier alpha value is -1.38. The molecule has 7 nitrogen and oxygen atoms in total. The number of hydrogen-bond acceptors (Lipinski definition) is 4. The Morgan fingerprint density at radius 3 is 2.82 bits per heavy atom. The largest absolute Gasteiger partial charge is 0.477 e. The van der Waals surface area contributed by atoms with E-state index in [1.54, 1.807) is 0 Å². The maximum absolute atomic E-state index is 12.2. The van der Waals surface area contributed by atoms with Crippen LogP contribution in [0.25, 0.3) is 0 Å². The van der Waals surface area contributed by atoms with Crippen molar-refractivity contribution in [1.82, 2.24) is 14.2 Å². The molecule has 0 bridgehead atoms. The van der Waals surface area contributed by atoms with Crippen molar-refractivity contribution in [1.29, 1.82) is 0 Å². The van der Waals surface area contributed by atoms with Gasteiger partial charge in [-0.25, -0.2) is 17.9 Å². The molecule has 8 heteroatoms. The van der Waals surface area contributed by atoms with Crippen molar-refractivity contribution >= 4 is 16.0 Å². The van der Waals surface area contributed by atoms with Crippen LogP contribution in [0, 0.1) is 5.92 Å². The molecule has 0 radical (unpaired) electrons. The second-order valence-electron chi connectivity index (χ2n) is 5.92. The van der Waals surface area contributed by atoms with Crippen LogP contribution >= 0.6 is 0 Å². The first-order chi connectivity index (χ1) is 10.3. The summed E-state index contributed by atoms with van der Waals surface area (Å²) >= 11 is 0. The van der Waals surface area contributed by atoms with E-state index in [1.165, 1.54) is 30.3 Å². The minimum absolute atomic E-state index is 0.0144. The van der Waals surface area contributed by atoms with Crippen molar-refractivity contribution in [2.75, 3.05) is 26.2 Å². The van der Waals surface area contributed by atoms with Crippen LogP contribution in [0.15, 0.2) is 17.2 Å². The Kier molecular flexibility index (Phi) is 5.25. The lowest BCUT2D eigenvalue weighted by Crippen LogP contribution is -2.40. The number of piperidine rings is 1. The Balaban J connectivity index is 1.93. The fraction of sp³-hybridized carbons (Fsp3) is 0.643. The van der Waals surface area contributed by atoms with E-state index in [-0.39, 0.29) is 10.6 Å². The molecule has 124 valence electrons. The summed E-state index contributed by atoms with van der Waals surface area (Å²) in [6, 6.07) is 1.17. The molecule has 22 heavy (non-hydrogen) atoms. The molecule has 2 N–H and O–H groups in total. The zero-order valence-corrected chi connectivity index (χ0v) is 13.8. The minimum Gasteiger partial charge on any atom is -0.477 e. The molecular formula is C14H23N3O4S. The van der Waals surface area contributed by atoms with Gasteiger partial charge in [-0.3, -0.25) is 0 Å². The lowest BCUT2D eigenvalue weighted by Gasteiger charge is -2.30. The molecule has 0 aromatic carbocycles. The Bertz CT molecular complexity index is 639. The van der Waals surface area contributed by atoms with Gasteiger partial charge < -0.3 is 14.6 Å². The summed E-state index contributed by atoms with van der Waals surface area (Å²) < 4.78 is 28.2. The minimum atomic E-state index is -3.67. The summed E-state index contributed by atoms with van der Waals surface area (Å²) in [6.45, 7) is 5.19. The average Bonchev–Trinajstić information content (AvgIpc) is 2.82. The molecule has 1 atom stereocenters. The highest BCUT2D eigenvalue weighted by Crippen LogP contribution is 2.15. The average molecular weight is 329 g/mol. The molecule has 2 rings (SSSR count). The van der Waals surface area contributed by atoms with Crippen molar-refractivity contribution in [2.24, 2.45) is 13.0 Å². The summed E-state index contributed by atoms with van der Waals surface area (Å²) in [5.74, 6) is -0.496. The van der Waals surface area contributed by atoms with Crippen molar-refractivity contribution in [3.8, 4) is 0 Å². The van der Waals surface area contributed by atoms with Gasteiger partial charge in [0.15, 0.2) is 0 Å². The van der Waals surface area contributed by atoms with Gasteiger partial charge in [-0.2, -0.15) is 0 Å². The summed E-state index contributed by atoms with van der Waals surface area (Å²) in [4.78, 5) is 13.2. The van der Waals surface area contributed by atoms with Gasteiger partial charge in [-0.15, -0.1) is 0 Å². The number of likely N-dealkylation sites (tertiary alicyclic amines) is 1. The second-order valence-corrected chi connectivity index (χ2v) is 7.69. The Labute approximate surface area is 131 Å². The van der Waals surface area contributed by atoms with E-state index in [0.717, 1.165) is 19.5 Å². The van der Waals surface area contributed by atoms with Crippen LogP contribution in [0.4, 0.5) is 0 Å². The fourth-order valence-corrected chi connectivity index (χ4v) is 3.90. The number of nitrogens with one attached hydrogen (secondary N) is 1. The van der Waals surface area contributed by atoms with E-state index in [2.05, 4.69) is 16.5 Å². The summed E-state index contributed by atoms with van der Waals surface area (Å²) in [5.41, 5.74) is -0.0507. The van der Waals surface area contributed by atoms with Gasteiger partial charge in [0.2, 0.25) is 10.0 Å². The van der Waals surface area contributed by atoms with E-state index >= 15 is 0 Å². The van der Waals surface area contributed by atoms with Crippen molar-refractivity contribution in [3.63, 3.8) is 0 Å². The third kappa shape index (κ3) is 4.08. The molecule has 0 amide bonds. The van der Waals surface area contributed by atoms with E-state index in [0.29, 0.717) is 19.0 Å². The van der Waals surface area contributed by atoms with Gasteiger partial charge in [-0.05, 0) is 31.4 Å². The van der Waals surface area contributed by atoms with Gasteiger partial charge in [0.05, 0.1) is 0 Å². The predicted molar refractivity (Wildman–Crippen MR) is 82.4 cm³/mol. The van der Waals surface area contributed by atoms with Crippen LogP contribution in [0.3, 0.4) is 0 Å². The number of nitrogens with zero attached hydrogens (tertiary/aromatic N) is 2. The number of aryl methyl sites for hydroxylation is 1. The van der Waals surface area contributed by atoms with Gasteiger partial charge in [0.1, 0.15) is 10.6 Å². The standard InChI is InChI=1S/C14H23N3O4S/c1-11-4-3-6-17(9-11)7-5-15-22(20,21)12-8-13(14(18)19)16(2)10-12/h8,10-11,15H,3-7,9H2,1-2H3,(H,18,19). The van der Waals surface area contributed by atoms with Crippen molar-refractivity contribution in [2.45, 2.75) is 24.7 Å². The number of carbonyl (C=O) groups is 1. The zero-order valence-electron chi connectivity index (χ0n) is 12.9. The number of rotatable bonds is 6. The molecule has 1 aliphatic rings. The topological polar surface area (TPSA) is 91.6 Å². The third-order valence-electron chi connectivity index (χ3n) is 3.97. The summed E-state index contributed by atoms with van der Waals surface area (Å²) in [7, 11) is -2.16. The molecule has 1 fully saturated rings. The normalized spacial score (nSPS) is 20.2. The Morgan fingerprint density at radius 1 is 1.50 bits per heavy atom. The fourth-order valence-electron chi connectivity index (χ4n) is 2.81. The van der Waals surface area contributed by atoms with Crippen LogP contribution < -0.4 is 4.72 Å². The third-order valence-corrected chi connectivity index (χ3v) is 5.40. The molecule has 0 spiro atoms. The lowest BCUT2D eigenvalue weighted by molar-refractivity contribution is 0.0686. The van der Waals surface area contributed by atoms with Gasteiger partial charge in [0, 0.05) is 32.9 Å². The van der Waals surface area contributed by atoms with Crippen LogP contribution in [0.2, 0.25) is 0 Å². The molecule has 1 aromatic heterocycles. The van der Waals surface area contributed by atoms with Crippen LogP contribution in [-0.4, -0.2) is 55.1 Å². The first-order valence-corrected chi connectivity index (χ1v) is 8.89. The van der Waals surface area contributed by atoms with E-state index in [9.17, 15) is 13.2 Å². The van der Waals surface area contributed by atoms with Crippen LogP contribution in [0.1, 0.15) is 30.3 Å². The van der Waals surface area contributed by atoms with Crippen molar-refractivity contribution in [3.05, 3.63) is 18.0 Å². The smallest absolute Gasteiger partial charge is 0.352 e. The van der Waals surface area contributed by atoms with Crippen molar-refractivity contribution < 1.29 is 18.3 Å². The molecule has 1 saturated heterocycles. The number of aromatic carboxylic acids is 1. The van der Waals surface area contributed by atoms with Gasteiger partial charge >= 0.3 is 5.97 Å². The Morgan fingerprint density at radius 2 is 2.23 bits per heavy atom. The molecule has 0 saturated carbocycles. The second kappa shape index (κ2) is 6.80. The molecule has 1 aliphatic heterocycles. The van der Waals surface area contributed by atoms with Gasteiger partial charge in [-0.1, -0.05) is 6.92 Å². The molecule has 2 heterocycles. The van der Waals surface area contributed by atoms with E-state index in [4.69, 9.17) is 5.11 Å². The van der Waals surface area contributed by atoms with Crippen LogP contribution in [-0.2, 0) is 17.1 Å². The summed E-state index contributed by atoms with van der Waals surface area (Å²) in [5, 5.41) is 8.97. The molecule has 0 aliphatic carbocycles. The highest BCUT2D eigenvalue weighted by molar-refractivity contribution is 7.89. The SMILES string of the molecule is CC1CCCN(CCNS(=O)(=O)c2cc(C(=O)O)n(C)c2)C1. The highest BCUT2D eigenvalue weighted by atomic mass is 32.2. The maximum Gasteiger partial charge on any atom is 0.352 e. The number of aromatic nitrogens is 1. The number of hydrogen-bond donors (Lipinski definition) is 2. The highest BCUT2D eigenvalue weighted by Gasteiger charge is 2.21. The number of carboxylic acid groups (broad SMARTS) is 1.